The summed E-state index contributed by atoms with van der Waals surface area (Å²) in [5, 5.41) is 4.50. The van der Waals surface area contributed by atoms with Crippen molar-refractivity contribution in [1.29, 1.82) is 0 Å². The number of pyridine rings is 1. The summed E-state index contributed by atoms with van der Waals surface area (Å²) in [5.74, 6) is 1.61. The van der Waals surface area contributed by atoms with E-state index in [1.54, 1.807) is 4.52 Å². The molecule has 0 amide bonds. The maximum absolute atomic E-state index is 5.74. The Kier molecular flexibility index (Phi) is 2.91. The first-order chi connectivity index (χ1) is 8.70. The van der Waals surface area contributed by atoms with Crippen LogP contribution in [0.2, 0.25) is 0 Å². The van der Waals surface area contributed by atoms with E-state index >= 15 is 0 Å². The van der Waals surface area contributed by atoms with Gasteiger partial charge in [0.25, 0.3) is 0 Å². The molecule has 3 heterocycles. The highest BCUT2D eigenvalue weighted by Crippen LogP contribution is 2.19. The molecular weight excluding hydrogens is 226 g/mol. The Balaban J connectivity index is 1.78. The van der Waals surface area contributed by atoms with Crippen LogP contribution in [-0.4, -0.2) is 39.6 Å². The van der Waals surface area contributed by atoms with Gasteiger partial charge in [-0.25, -0.2) is 9.50 Å². The first kappa shape index (κ1) is 11.5. The van der Waals surface area contributed by atoms with Crippen molar-refractivity contribution < 1.29 is 0 Å². The Labute approximate surface area is 107 Å². The summed E-state index contributed by atoms with van der Waals surface area (Å²) in [6.45, 7) is 2.36. The van der Waals surface area contributed by atoms with E-state index in [0.29, 0.717) is 5.92 Å². The zero-order valence-corrected chi connectivity index (χ0v) is 10.7. The van der Waals surface area contributed by atoms with Crippen LogP contribution in [0.3, 0.4) is 0 Å². The van der Waals surface area contributed by atoms with Crippen molar-refractivity contribution in [3.8, 4) is 0 Å². The quantitative estimate of drug-likeness (QED) is 0.863. The molecule has 1 aliphatic heterocycles. The topological polar surface area (TPSA) is 59.5 Å². The second-order valence-electron chi connectivity index (χ2n) is 5.27. The molecule has 3 rings (SSSR count). The lowest BCUT2D eigenvalue weighted by Gasteiger charge is -2.28. The number of hydrogen-bond donors (Lipinski definition) is 1. The van der Waals surface area contributed by atoms with Crippen LogP contribution in [0, 0.1) is 5.92 Å². The maximum atomic E-state index is 5.74. The van der Waals surface area contributed by atoms with Gasteiger partial charge in [0, 0.05) is 13.0 Å². The SMILES string of the molecule is CN1CCCC(Cc2nc3ccc(N)cn3n2)C1. The summed E-state index contributed by atoms with van der Waals surface area (Å²) in [4.78, 5) is 6.94. The molecule has 5 nitrogen and oxygen atoms in total. The molecule has 1 aliphatic rings. The van der Waals surface area contributed by atoms with Gasteiger partial charge in [-0.15, -0.1) is 0 Å². The minimum absolute atomic E-state index is 0.679. The molecule has 0 spiro atoms. The van der Waals surface area contributed by atoms with Gasteiger partial charge in [0.05, 0.1) is 11.9 Å². The van der Waals surface area contributed by atoms with Crippen molar-refractivity contribution in [1.82, 2.24) is 19.5 Å². The van der Waals surface area contributed by atoms with E-state index in [9.17, 15) is 0 Å². The van der Waals surface area contributed by atoms with Crippen molar-refractivity contribution >= 4 is 11.3 Å². The van der Waals surface area contributed by atoms with Crippen molar-refractivity contribution in [2.45, 2.75) is 19.3 Å². The number of anilines is 1. The highest BCUT2D eigenvalue weighted by molar-refractivity contribution is 5.46. The Morgan fingerprint density at radius 3 is 3.17 bits per heavy atom. The summed E-state index contributed by atoms with van der Waals surface area (Å²) in [5.41, 5.74) is 7.34. The number of hydrogen-bond acceptors (Lipinski definition) is 4. The number of likely N-dealkylation sites (tertiary alicyclic amines) is 1. The average Bonchev–Trinajstić information content (AvgIpc) is 2.70. The van der Waals surface area contributed by atoms with Gasteiger partial charge in [0.1, 0.15) is 0 Å². The molecule has 5 heteroatoms. The Hall–Kier alpha value is -1.62. The number of nitrogens with two attached hydrogens (primary N) is 1. The van der Waals surface area contributed by atoms with Crippen molar-refractivity contribution in [2.24, 2.45) is 5.92 Å². The number of nitrogens with zero attached hydrogens (tertiary/aromatic N) is 4. The summed E-state index contributed by atoms with van der Waals surface area (Å²) in [6.07, 6.45) is 5.34. The summed E-state index contributed by atoms with van der Waals surface area (Å²) in [7, 11) is 2.18. The zero-order valence-electron chi connectivity index (χ0n) is 10.7. The lowest BCUT2D eigenvalue weighted by Crippen LogP contribution is -2.33. The smallest absolute Gasteiger partial charge is 0.155 e. The molecule has 1 saturated heterocycles. The fourth-order valence-electron chi connectivity index (χ4n) is 2.73. The molecule has 0 aromatic carbocycles. The first-order valence-corrected chi connectivity index (χ1v) is 6.50. The normalized spacial score (nSPS) is 21.5. The lowest BCUT2D eigenvalue weighted by atomic mass is 9.95. The molecular formula is C13H19N5. The van der Waals surface area contributed by atoms with Gasteiger partial charge < -0.3 is 10.6 Å². The Bertz CT molecular complexity index is 547. The highest BCUT2D eigenvalue weighted by atomic mass is 15.3. The number of piperidine rings is 1. The minimum Gasteiger partial charge on any atom is -0.397 e. The summed E-state index contributed by atoms with van der Waals surface area (Å²) >= 11 is 0. The van der Waals surface area contributed by atoms with Crippen LogP contribution >= 0.6 is 0 Å². The van der Waals surface area contributed by atoms with Crippen LogP contribution in [0.1, 0.15) is 18.7 Å². The Morgan fingerprint density at radius 2 is 2.33 bits per heavy atom. The highest BCUT2D eigenvalue weighted by Gasteiger charge is 2.19. The molecule has 0 saturated carbocycles. The fraction of sp³-hybridized carbons (Fsp3) is 0.538. The van der Waals surface area contributed by atoms with Crippen LogP contribution in [-0.2, 0) is 6.42 Å². The van der Waals surface area contributed by atoms with Crippen LogP contribution in [0.5, 0.6) is 0 Å². The average molecular weight is 245 g/mol. The van der Waals surface area contributed by atoms with Gasteiger partial charge in [-0.2, -0.15) is 5.10 Å². The predicted molar refractivity (Wildman–Crippen MR) is 71.3 cm³/mol. The van der Waals surface area contributed by atoms with Gasteiger partial charge in [0.2, 0.25) is 0 Å². The molecule has 0 bridgehead atoms. The largest absolute Gasteiger partial charge is 0.397 e. The molecule has 0 aliphatic carbocycles. The molecule has 2 aromatic rings. The van der Waals surface area contributed by atoms with E-state index in [1.807, 2.05) is 18.3 Å². The fourth-order valence-corrected chi connectivity index (χ4v) is 2.73. The van der Waals surface area contributed by atoms with E-state index < -0.39 is 0 Å². The first-order valence-electron chi connectivity index (χ1n) is 6.50. The van der Waals surface area contributed by atoms with Gasteiger partial charge in [-0.05, 0) is 44.5 Å². The maximum Gasteiger partial charge on any atom is 0.155 e. The third-order valence-electron chi connectivity index (χ3n) is 3.59. The third-order valence-corrected chi connectivity index (χ3v) is 3.59. The van der Waals surface area contributed by atoms with Crippen LogP contribution in [0.15, 0.2) is 18.3 Å². The number of fused-ring (bicyclic) bond motifs is 1. The van der Waals surface area contributed by atoms with Crippen molar-refractivity contribution in [3.05, 3.63) is 24.2 Å². The predicted octanol–water partition coefficient (Wildman–Crippen LogP) is 1.20. The zero-order chi connectivity index (χ0) is 12.5. The lowest BCUT2D eigenvalue weighted by molar-refractivity contribution is 0.207. The van der Waals surface area contributed by atoms with Crippen molar-refractivity contribution in [3.63, 3.8) is 0 Å². The van der Waals surface area contributed by atoms with E-state index in [2.05, 4.69) is 22.0 Å². The molecule has 96 valence electrons. The summed E-state index contributed by atoms with van der Waals surface area (Å²) < 4.78 is 1.78. The number of rotatable bonds is 2. The third kappa shape index (κ3) is 2.31. The van der Waals surface area contributed by atoms with Crippen LogP contribution in [0.25, 0.3) is 5.65 Å². The monoisotopic (exact) mass is 245 g/mol. The Morgan fingerprint density at radius 1 is 1.44 bits per heavy atom. The van der Waals surface area contributed by atoms with E-state index in [0.717, 1.165) is 30.1 Å². The van der Waals surface area contributed by atoms with Crippen molar-refractivity contribution in [2.75, 3.05) is 25.9 Å². The van der Waals surface area contributed by atoms with Gasteiger partial charge in [-0.1, -0.05) is 0 Å². The standard InChI is InChI=1S/C13H19N5/c1-17-6-2-3-10(8-17)7-12-15-13-5-4-11(14)9-18(13)16-12/h4-5,9-10H,2-3,6-8,14H2,1H3. The molecule has 0 radical (unpaired) electrons. The van der Waals surface area contributed by atoms with Gasteiger partial charge in [0.15, 0.2) is 11.5 Å². The molecule has 1 atom stereocenters. The molecule has 2 N–H and O–H groups in total. The van der Waals surface area contributed by atoms with Gasteiger partial charge >= 0.3 is 0 Å². The number of nitrogen functional groups attached to an aromatic ring is 1. The second-order valence-corrected chi connectivity index (χ2v) is 5.27. The molecule has 18 heavy (non-hydrogen) atoms. The molecule has 2 aromatic heterocycles. The minimum atomic E-state index is 0.679. The second kappa shape index (κ2) is 4.57. The van der Waals surface area contributed by atoms with Crippen LogP contribution in [0.4, 0.5) is 5.69 Å². The van der Waals surface area contributed by atoms with E-state index in [1.165, 1.54) is 19.4 Å². The van der Waals surface area contributed by atoms with E-state index in [4.69, 9.17) is 5.73 Å². The van der Waals surface area contributed by atoms with Crippen LogP contribution < -0.4 is 5.73 Å². The molecule has 1 fully saturated rings. The van der Waals surface area contributed by atoms with Gasteiger partial charge in [-0.3, -0.25) is 0 Å². The van der Waals surface area contributed by atoms with E-state index in [-0.39, 0.29) is 0 Å². The summed E-state index contributed by atoms with van der Waals surface area (Å²) in [6, 6.07) is 3.78. The number of aromatic nitrogens is 3. The molecule has 1 unspecified atom stereocenters.